The molecule has 2 nitrogen and oxygen atoms in total. The fraction of sp³-hybridized carbons (Fsp3) is 0.417. The molecule has 18 heavy (non-hydrogen) atoms. The van der Waals surface area contributed by atoms with Gasteiger partial charge in [0, 0.05) is 18.9 Å². The van der Waals surface area contributed by atoms with Crippen molar-refractivity contribution in [2.24, 2.45) is 5.92 Å². The van der Waals surface area contributed by atoms with E-state index in [1.807, 2.05) is 0 Å². The topological polar surface area (TPSA) is 26.3 Å². The second kappa shape index (κ2) is 8.46. The second-order valence-electron chi connectivity index (χ2n) is 4.04. The number of carbonyl (C=O) groups excluding carboxylic acids is 1. The Balaban J connectivity index is 0.00000289. The molecule has 0 saturated heterocycles. The van der Waals surface area contributed by atoms with Crippen molar-refractivity contribution in [2.75, 3.05) is 13.3 Å². The molecule has 0 spiro atoms. The maximum absolute atomic E-state index is 12.1. The van der Waals surface area contributed by atoms with Gasteiger partial charge in [-0.1, -0.05) is 37.0 Å². The third-order valence-electron chi connectivity index (χ3n) is 2.16. The molecule has 1 aromatic carbocycles. The van der Waals surface area contributed by atoms with Gasteiger partial charge in [-0.15, -0.1) is 0 Å². The predicted molar refractivity (Wildman–Crippen MR) is 81.1 cm³/mol. The van der Waals surface area contributed by atoms with Crippen LogP contribution < -0.4 is 4.74 Å². The zero-order chi connectivity index (χ0) is 13.0. The number of ether oxygens (including phenoxy) is 1. The van der Waals surface area contributed by atoms with Crippen LogP contribution in [0.2, 0.25) is 10.0 Å². The van der Waals surface area contributed by atoms with Gasteiger partial charge in [0.25, 0.3) is 0 Å². The van der Waals surface area contributed by atoms with E-state index in [1.54, 1.807) is 12.1 Å². The molecule has 0 N–H and O–H groups in total. The molecular weight excluding hydrogens is 285 g/mol. The van der Waals surface area contributed by atoms with Crippen LogP contribution in [0.3, 0.4) is 0 Å². The Hall–Kier alpha value is 0.297. The van der Waals surface area contributed by atoms with Gasteiger partial charge in [0.15, 0.2) is 5.52 Å². The van der Waals surface area contributed by atoms with E-state index in [0.717, 1.165) is 6.16 Å². The van der Waals surface area contributed by atoms with Crippen molar-refractivity contribution in [3.05, 3.63) is 27.7 Å². The number of hydrogen-bond acceptors (Lipinski definition) is 2. The van der Waals surface area contributed by atoms with E-state index in [-0.39, 0.29) is 33.0 Å². The number of halogens is 2. The average Bonchev–Trinajstić information content (AvgIpc) is 2.28. The fourth-order valence-electron chi connectivity index (χ4n) is 1.33. The first-order valence-electron chi connectivity index (χ1n) is 5.27. The van der Waals surface area contributed by atoms with Crippen molar-refractivity contribution in [1.29, 1.82) is 0 Å². The molecule has 0 fully saturated rings. The van der Waals surface area contributed by atoms with E-state index in [0.29, 0.717) is 27.3 Å². The van der Waals surface area contributed by atoms with Gasteiger partial charge in [0.1, 0.15) is 5.75 Å². The van der Waals surface area contributed by atoms with Crippen molar-refractivity contribution in [3.63, 3.8) is 0 Å². The molecule has 0 bridgehead atoms. The normalized spacial score (nSPS) is 10.8. The first kappa shape index (κ1) is 18.3. The molecule has 0 aliphatic heterocycles. The standard InChI is InChI=1S/C12H15Cl2O2P.Li/c1-7(2)6-17-12(15)10-8(13)4-5-9(14)11(10)16-3;/h4-5,7,17H,6H2,1-3H3;. The Kier molecular flexibility index (Phi) is 8.60. The number of carbonyl (C=O) groups is 1. The molecule has 1 radical (unpaired) electrons. The Bertz CT molecular complexity index is 425. The summed E-state index contributed by atoms with van der Waals surface area (Å²) in [6.07, 6.45) is 0.852. The van der Waals surface area contributed by atoms with Crippen LogP contribution in [-0.2, 0) is 0 Å². The van der Waals surface area contributed by atoms with Gasteiger partial charge in [-0.25, -0.2) is 0 Å². The third-order valence-corrected chi connectivity index (χ3v) is 4.37. The van der Waals surface area contributed by atoms with E-state index in [2.05, 4.69) is 13.8 Å². The van der Waals surface area contributed by atoms with Gasteiger partial charge in [-0.3, -0.25) is 4.79 Å². The quantitative estimate of drug-likeness (QED) is 0.604. The van der Waals surface area contributed by atoms with Crippen LogP contribution in [0.25, 0.3) is 0 Å². The summed E-state index contributed by atoms with van der Waals surface area (Å²) in [7, 11) is 1.68. The molecule has 0 aromatic heterocycles. The molecule has 1 rings (SSSR count). The van der Waals surface area contributed by atoms with Crippen LogP contribution in [0.1, 0.15) is 24.2 Å². The fourth-order valence-corrected chi connectivity index (χ4v) is 2.90. The average molecular weight is 300 g/mol. The van der Waals surface area contributed by atoms with Crippen LogP contribution in [0.4, 0.5) is 0 Å². The third kappa shape index (κ3) is 4.76. The summed E-state index contributed by atoms with van der Waals surface area (Å²) in [6.45, 7) is 4.16. The first-order chi connectivity index (χ1) is 7.97. The maximum atomic E-state index is 12.1. The van der Waals surface area contributed by atoms with Crippen molar-refractivity contribution in [1.82, 2.24) is 0 Å². The predicted octanol–water partition coefficient (Wildman–Crippen LogP) is 4.10. The van der Waals surface area contributed by atoms with E-state index >= 15 is 0 Å². The summed E-state index contributed by atoms with van der Waals surface area (Å²) in [5, 5.41) is 0.808. The van der Waals surface area contributed by atoms with E-state index in [1.165, 1.54) is 7.11 Å². The molecular formula is C12H15Cl2LiO2P. The van der Waals surface area contributed by atoms with Gasteiger partial charge in [-0.05, 0) is 32.8 Å². The van der Waals surface area contributed by atoms with E-state index in [4.69, 9.17) is 27.9 Å². The minimum atomic E-state index is 0. The molecule has 0 heterocycles. The molecule has 6 heteroatoms. The summed E-state index contributed by atoms with van der Waals surface area (Å²) in [4.78, 5) is 12.1. The van der Waals surface area contributed by atoms with Crippen LogP contribution >= 0.6 is 31.8 Å². The summed E-state index contributed by atoms with van der Waals surface area (Å²) in [6, 6.07) is 3.25. The van der Waals surface area contributed by atoms with Crippen LogP contribution in [0, 0.1) is 5.92 Å². The first-order valence-corrected chi connectivity index (χ1v) is 7.23. The summed E-state index contributed by atoms with van der Waals surface area (Å²) < 4.78 is 5.15. The van der Waals surface area contributed by atoms with E-state index in [9.17, 15) is 4.79 Å². The summed E-state index contributed by atoms with van der Waals surface area (Å²) in [5.41, 5.74) is 0.406. The molecule has 0 aliphatic carbocycles. The summed E-state index contributed by atoms with van der Waals surface area (Å²) >= 11 is 12.0. The molecule has 0 amide bonds. The Labute approximate surface area is 132 Å². The van der Waals surface area contributed by atoms with Crippen molar-refractivity contribution in [2.45, 2.75) is 13.8 Å². The molecule has 0 aliphatic rings. The zero-order valence-corrected chi connectivity index (χ0v) is 13.5. The van der Waals surface area contributed by atoms with E-state index < -0.39 is 0 Å². The Morgan fingerprint density at radius 3 is 2.39 bits per heavy atom. The number of benzene rings is 1. The van der Waals surface area contributed by atoms with Gasteiger partial charge < -0.3 is 4.74 Å². The maximum Gasteiger partial charge on any atom is 0.186 e. The number of methoxy groups -OCH3 is 1. The summed E-state index contributed by atoms with van der Waals surface area (Å²) in [5.74, 6) is 0.863. The number of rotatable bonds is 5. The minimum Gasteiger partial charge on any atom is -0.494 e. The largest absolute Gasteiger partial charge is 0.494 e. The zero-order valence-electron chi connectivity index (χ0n) is 11.0. The van der Waals surface area contributed by atoms with Crippen LogP contribution in [0.5, 0.6) is 5.75 Å². The molecule has 1 aromatic rings. The smallest absolute Gasteiger partial charge is 0.186 e. The molecule has 95 valence electrons. The molecule has 1 unspecified atom stereocenters. The van der Waals surface area contributed by atoms with Crippen molar-refractivity contribution >= 4 is 56.2 Å². The van der Waals surface area contributed by atoms with Crippen molar-refractivity contribution in [3.8, 4) is 5.75 Å². The van der Waals surface area contributed by atoms with Gasteiger partial charge in [0.05, 0.1) is 22.7 Å². The van der Waals surface area contributed by atoms with Gasteiger partial charge >= 0.3 is 0 Å². The minimum absolute atomic E-state index is 0. The Morgan fingerprint density at radius 1 is 1.33 bits per heavy atom. The Morgan fingerprint density at radius 2 is 1.89 bits per heavy atom. The number of hydrogen-bond donors (Lipinski definition) is 0. The molecule has 1 atom stereocenters. The molecule has 0 saturated carbocycles. The van der Waals surface area contributed by atoms with Gasteiger partial charge in [-0.2, -0.15) is 0 Å². The SMILES string of the molecule is COc1c(Cl)ccc(Cl)c1C(=O)PCC(C)C.[Li]. The second-order valence-corrected chi connectivity index (χ2v) is 6.07. The monoisotopic (exact) mass is 299 g/mol. The van der Waals surface area contributed by atoms with Crippen LogP contribution in [-0.4, -0.2) is 37.7 Å². The van der Waals surface area contributed by atoms with Gasteiger partial charge in [0.2, 0.25) is 0 Å². The van der Waals surface area contributed by atoms with Crippen LogP contribution in [0.15, 0.2) is 12.1 Å². The van der Waals surface area contributed by atoms with Crippen molar-refractivity contribution < 1.29 is 9.53 Å².